The summed E-state index contributed by atoms with van der Waals surface area (Å²) in [5.41, 5.74) is 15.1. The predicted octanol–water partition coefficient (Wildman–Crippen LogP) is 10.5. The zero-order valence-electron chi connectivity index (χ0n) is 31.6. The lowest BCUT2D eigenvalue weighted by molar-refractivity contribution is 1.18. The second-order valence-corrected chi connectivity index (χ2v) is 19.4. The topological polar surface area (TPSA) is 9.86 Å². The third-order valence-corrected chi connectivity index (χ3v) is 17.1. The zero-order chi connectivity index (χ0) is 37.0. The third kappa shape index (κ3) is 4.54. The summed E-state index contributed by atoms with van der Waals surface area (Å²) in [4.78, 5) is 0. The number of rotatable bonds is 4. The van der Waals surface area contributed by atoms with Crippen LogP contribution >= 0.6 is 0 Å². The van der Waals surface area contributed by atoms with Gasteiger partial charge in [0.1, 0.15) is 0 Å². The highest BCUT2D eigenvalue weighted by Gasteiger charge is 2.49. The molecule has 11 rings (SSSR count). The molecule has 10 aromatic rings. The Hall–Kier alpha value is -6.42. The minimum absolute atomic E-state index is 1.19. The lowest BCUT2D eigenvalue weighted by Crippen LogP contribution is -2.72. The number of aromatic nitrogens is 2. The normalized spacial score (nSPS) is 13.2. The van der Waals surface area contributed by atoms with Crippen LogP contribution in [0.25, 0.3) is 66.1 Å². The quantitative estimate of drug-likeness (QED) is 0.160. The van der Waals surface area contributed by atoms with Crippen molar-refractivity contribution in [2.75, 3.05) is 0 Å². The Morgan fingerprint density at radius 1 is 0.327 bits per heavy atom. The minimum Gasteiger partial charge on any atom is -0.309 e. The van der Waals surface area contributed by atoms with E-state index in [1.165, 1.54) is 109 Å². The Morgan fingerprint density at radius 2 is 0.655 bits per heavy atom. The molecule has 0 unspecified atom stereocenters. The lowest BCUT2D eigenvalue weighted by Gasteiger charge is -2.31. The van der Waals surface area contributed by atoms with E-state index in [-0.39, 0.29) is 0 Å². The molecule has 0 bridgehead atoms. The molecule has 0 saturated carbocycles. The Labute approximate surface area is 322 Å². The first kappa shape index (κ1) is 32.0. The molecule has 1 aliphatic rings. The van der Waals surface area contributed by atoms with Crippen LogP contribution in [0.3, 0.4) is 0 Å². The molecular formula is C52H40N2Si. The summed E-state index contributed by atoms with van der Waals surface area (Å²) < 4.78 is 4.97. The monoisotopic (exact) mass is 720 g/mol. The summed E-state index contributed by atoms with van der Waals surface area (Å²) >= 11 is 0. The van der Waals surface area contributed by atoms with Crippen LogP contribution in [0.4, 0.5) is 0 Å². The number of aryl methyl sites for hydroxylation is 4. The summed E-state index contributed by atoms with van der Waals surface area (Å²) in [5.74, 6) is 0. The van der Waals surface area contributed by atoms with Gasteiger partial charge >= 0.3 is 0 Å². The van der Waals surface area contributed by atoms with E-state index in [9.17, 15) is 0 Å². The van der Waals surface area contributed by atoms with E-state index in [1.807, 2.05) is 0 Å². The number of benzene rings is 8. The van der Waals surface area contributed by atoms with Crippen molar-refractivity contribution in [3.05, 3.63) is 192 Å². The standard InChI is InChI=1S/C52H40N2Si/c1-33-15-21-47-41(27-33)42-28-34(2)16-22-48(42)53(47)37-19-25-51-45(31-37)46-32-38(54-49-23-17-35(3)29-43(49)44-30-36(4)18-24-50(44)54)20-26-52(46)55(51,39-11-7-5-8-12-39)40-13-9-6-10-14-40/h5-32H,1-4H3. The molecule has 0 atom stereocenters. The van der Waals surface area contributed by atoms with Crippen LogP contribution in [-0.2, 0) is 0 Å². The molecular weight excluding hydrogens is 681 g/mol. The average molecular weight is 721 g/mol. The average Bonchev–Trinajstić information content (AvgIpc) is 3.81. The maximum absolute atomic E-state index is 2.70. The van der Waals surface area contributed by atoms with E-state index in [2.05, 4.69) is 207 Å². The van der Waals surface area contributed by atoms with Crippen molar-refractivity contribution >= 4 is 72.4 Å². The molecule has 262 valence electrons. The highest BCUT2D eigenvalue weighted by atomic mass is 28.3. The molecule has 3 heteroatoms. The first-order valence-corrected chi connectivity index (χ1v) is 21.3. The van der Waals surface area contributed by atoms with Gasteiger partial charge in [-0.2, -0.15) is 0 Å². The predicted molar refractivity (Wildman–Crippen MR) is 237 cm³/mol. The number of hydrogen-bond acceptors (Lipinski definition) is 0. The Kier molecular flexibility index (Phi) is 6.87. The number of nitrogens with zero attached hydrogens (tertiary/aromatic N) is 2. The molecule has 0 N–H and O–H groups in total. The zero-order valence-corrected chi connectivity index (χ0v) is 32.6. The highest BCUT2D eigenvalue weighted by molar-refractivity contribution is 7.22. The van der Waals surface area contributed by atoms with Crippen molar-refractivity contribution in [1.82, 2.24) is 9.13 Å². The fourth-order valence-electron chi connectivity index (χ4n) is 9.81. The van der Waals surface area contributed by atoms with Crippen LogP contribution < -0.4 is 20.7 Å². The Balaban J connectivity index is 1.25. The smallest absolute Gasteiger partial charge is 0.180 e. The molecule has 0 amide bonds. The maximum Gasteiger partial charge on any atom is 0.180 e. The van der Waals surface area contributed by atoms with Gasteiger partial charge in [-0.3, -0.25) is 0 Å². The highest BCUT2D eigenvalue weighted by Crippen LogP contribution is 2.39. The van der Waals surface area contributed by atoms with E-state index >= 15 is 0 Å². The molecule has 2 nitrogen and oxygen atoms in total. The van der Waals surface area contributed by atoms with E-state index in [4.69, 9.17) is 0 Å². The van der Waals surface area contributed by atoms with Crippen LogP contribution in [0.5, 0.6) is 0 Å². The second-order valence-electron chi connectivity index (χ2n) is 15.7. The molecule has 0 spiro atoms. The van der Waals surface area contributed by atoms with Crippen LogP contribution in [0.2, 0.25) is 0 Å². The van der Waals surface area contributed by atoms with Crippen molar-refractivity contribution in [3.8, 4) is 22.5 Å². The molecule has 8 aromatic carbocycles. The van der Waals surface area contributed by atoms with E-state index in [1.54, 1.807) is 0 Å². The van der Waals surface area contributed by atoms with Gasteiger partial charge in [0.2, 0.25) is 0 Å². The summed E-state index contributed by atoms with van der Waals surface area (Å²) in [6, 6.07) is 65.0. The van der Waals surface area contributed by atoms with Gasteiger partial charge in [-0.15, -0.1) is 0 Å². The fraction of sp³-hybridized carbons (Fsp3) is 0.0769. The molecule has 55 heavy (non-hydrogen) atoms. The van der Waals surface area contributed by atoms with Gasteiger partial charge in [-0.05, 0) is 132 Å². The molecule has 0 saturated heterocycles. The van der Waals surface area contributed by atoms with Gasteiger partial charge < -0.3 is 9.13 Å². The molecule has 0 aliphatic carbocycles. The summed E-state index contributed by atoms with van der Waals surface area (Å²) in [5, 5.41) is 10.9. The van der Waals surface area contributed by atoms with Gasteiger partial charge in [0, 0.05) is 32.9 Å². The number of fused-ring (bicyclic) bond motifs is 9. The Bertz CT molecular complexity index is 2850. The summed E-state index contributed by atoms with van der Waals surface area (Å²) in [6.07, 6.45) is 0. The minimum atomic E-state index is -2.70. The van der Waals surface area contributed by atoms with Crippen molar-refractivity contribution < 1.29 is 0 Å². The molecule has 0 radical (unpaired) electrons. The maximum atomic E-state index is 2.50. The van der Waals surface area contributed by atoms with Gasteiger partial charge in [0.05, 0.1) is 22.1 Å². The van der Waals surface area contributed by atoms with E-state index in [0.29, 0.717) is 0 Å². The third-order valence-electron chi connectivity index (χ3n) is 12.2. The van der Waals surface area contributed by atoms with Crippen molar-refractivity contribution in [1.29, 1.82) is 0 Å². The number of hydrogen-bond donors (Lipinski definition) is 0. The van der Waals surface area contributed by atoms with Gasteiger partial charge in [-0.25, -0.2) is 0 Å². The molecule has 2 aromatic heterocycles. The van der Waals surface area contributed by atoms with E-state index in [0.717, 1.165) is 0 Å². The van der Waals surface area contributed by atoms with Crippen LogP contribution in [0.15, 0.2) is 170 Å². The SMILES string of the molecule is Cc1ccc2c(c1)c1cc(C)ccc1n2-c1ccc2c(c1)-c1cc(-n3c4ccc(C)cc4c4cc(C)ccc43)ccc1[Si]2(c1ccccc1)c1ccccc1. The van der Waals surface area contributed by atoms with Crippen molar-refractivity contribution in [3.63, 3.8) is 0 Å². The first-order chi connectivity index (χ1) is 26.9. The van der Waals surface area contributed by atoms with Gasteiger partial charge in [-0.1, -0.05) is 119 Å². The largest absolute Gasteiger partial charge is 0.309 e. The molecule has 3 heterocycles. The van der Waals surface area contributed by atoms with Gasteiger partial charge in [0.25, 0.3) is 0 Å². The van der Waals surface area contributed by atoms with Crippen LogP contribution in [0.1, 0.15) is 22.3 Å². The van der Waals surface area contributed by atoms with Crippen molar-refractivity contribution in [2.45, 2.75) is 27.7 Å². The van der Waals surface area contributed by atoms with Gasteiger partial charge in [0.15, 0.2) is 8.07 Å². The van der Waals surface area contributed by atoms with E-state index < -0.39 is 8.07 Å². The van der Waals surface area contributed by atoms with Crippen molar-refractivity contribution in [2.24, 2.45) is 0 Å². The summed E-state index contributed by atoms with van der Waals surface area (Å²) in [6.45, 7) is 8.77. The molecule has 0 fully saturated rings. The lowest BCUT2D eigenvalue weighted by atomic mass is 10.0. The van der Waals surface area contributed by atoms with Crippen LogP contribution in [-0.4, -0.2) is 17.2 Å². The second kappa shape index (κ2) is 11.8. The molecule has 1 aliphatic heterocycles. The van der Waals surface area contributed by atoms with Crippen LogP contribution in [0, 0.1) is 27.7 Å². The Morgan fingerprint density at radius 3 is 0.982 bits per heavy atom. The fourth-order valence-corrected chi connectivity index (χ4v) is 15.0. The summed E-state index contributed by atoms with van der Waals surface area (Å²) in [7, 11) is -2.70. The first-order valence-electron chi connectivity index (χ1n) is 19.3.